The number of thiazole rings is 1. The van der Waals surface area contributed by atoms with Gasteiger partial charge in [-0.05, 0) is 56.9 Å². The minimum atomic E-state index is -0.0902. The first-order valence-corrected chi connectivity index (χ1v) is 8.32. The number of carbonyl (C=O) groups excluding carboxylic acids is 1. The summed E-state index contributed by atoms with van der Waals surface area (Å²) in [5.74, 6) is -0.0902. The molecule has 0 atom stereocenters. The number of nitrogens with zero attached hydrogens (tertiary/aromatic N) is 1. The smallest absolute Gasteiger partial charge is 0.257 e. The monoisotopic (exact) mass is 311 g/mol. The quantitative estimate of drug-likeness (QED) is 0.752. The van der Waals surface area contributed by atoms with Gasteiger partial charge in [-0.25, -0.2) is 4.98 Å². The fraction of sp³-hybridized carbons (Fsp3) is 0.294. The molecule has 0 unspecified atom stereocenters. The maximum Gasteiger partial charge on any atom is 0.257 e. The summed E-state index contributed by atoms with van der Waals surface area (Å²) in [6.45, 7) is 4.12. The van der Waals surface area contributed by atoms with Crippen LogP contribution >= 0.6 is 11.3 Å². The molecule has 0 spiro atoms. The Labute approximate surface area is 132 Å². The van der Waals surface area contributed by atoms with Crippen molar-refractivity contribution in [3.8, 4) is 0 Å². The number of fused-ring (bicyclic) bond motifs is 2. The third-order valence-electron chi connectivity index (χ3n) is 4.39. The molecule has 0 aliphatic heterocycles. The standard InChI is InChI=1S/C17H17N3OS/c1-9-10(2)18-13-7-6-11(8-12(9)13)16(21)20-17-19-14-4-3-5-15(14)22-17/h6-8,18H,3-5H2,1-2H3,(H,19,20,21). The van der Waals surface area contributed by atoms with Crippen molar-refractivity contribution >= 4 is 33.3 Å². The van der Waals surface area contributed by atoms with E-state index < -0.39 is 0 Å². The molecule has 0 fully saturated rings. The van der Waals surface area contributed by atoms with Crippen LogP contribution in [0.15, 0.2) is 18.2 Å². The molecule has 0 bridgehead atoms. The molecule has 4 rings (SSSR count). The van der Waals surface area contributed by atoms with Crippen molar-refractivity contribution in [3.05, 3.63) is 45.6 Å². The van der Waals surface area contributed by atoms with Crippen LogP contribution < -0.4 is 5.32 Å². The van der Waals surface area contributed by atoms with Gasteiger partial charge in [-0.1, -0.05) is 0 Å². The molecule has 2 aromatic heterocycles. The van der Waals surface area contributed by atoms with Crippen molar-refractivity contribution in [2.75, 3.05) is 5.32 Å². The molecule has 2 N–H and O–H groups in total. The number of rotatable bonds is 2. The van der Waals surface area contributed by atoms with E-state index in [4.69, 9.17) is 0 Å². The molecule has 22 heavy (non-hydrogen) atoms. The highest BCUT2D eigenvalue weighted by Gasteiger charge is 2.18. The van der Waals surface area contributed by atoms with Gasteiger partial charge in [0.05, 0.1) is 5.69 Å². The summed E-state index contributed by atoms with van der Waals surface area (Å²) in [6, 6.07) is 5.77. The van der Waals surface area contributed by atoms with E-state index in [2.05, 4.69) is 22.2 Å². The van der Waals surface area contributed by atoms with Crippen LogP contribution in [-0.2, 0) is 12.8 Å². The van der Waals surface area contributed by atoms with Crippen molar-refractivity contribution in [2.45, 2.75) is 33.1 Å². The van der Waals surface area contributed by atoms with Crippen LogP contribution in [-0.4, -0.2) is 15.9 Å². The average molecular weight is 311 g/mol. The average Bonchev–Trinajstić information content (AvgIpc) is 3.14. The van der Waals surface area contributed by atoms with Crippen LogP contribution in [0.4, 0.5) is 5.13 Å². The summed E-state index contributed by atoms with van der Waals surface area (Å²) < 4.78 is 0. The number of benzene rings is 1. The molecule has 3 aromatic rings. The second-order valence-corrected chi connectivity index (χ2v) is 6.92. The summed E-state index contributed by atoms with van der Waals surface area (Å²) in [6.07, 6.45) is 3.32. The van der Waals surface area contributed by atoms with Crippen LogP contribution in [0, 0.1) is 13.8 Å². The number of nitrogens with one attached hydrogen (secondary N) is 2. The summed E-state index contributed by atoms with van der Waals surface area (Å²) >= 11 is 1.61. The molecule has 0 saturated heterocycles. The van der Waals surface area contributed by atoms with Gasteiger partial charge in [-0.3, -0.25) is 10.1 Å². The third kappa shape index (κ3) is 2.13. The highest BCUT2D eigenvalue weighted by Crippen LogP contribution is 2.31. The van der Waals surface area contributed by atoms with Gasteiger partial charge in [0.15, 0.2) is 5.13 Å². The number of aromatic nitrogens is 2. The predicted molar refractivity (Wildman–Crippen MR) is 89.9 cm³/mol. The Hall–Kier alpha value is -2.14. The molecule has 2 heterocycles. The number of H-pyrrole nitrogens is 1. The van der Waals surface area contributed by atoms with Crippen LogP contribution in [0.3, 0.4) is 0 Å². The van der Waals surface area contributed by atoms with Gasteiger partial charge in [-0.15, -0.1) is 11.3 Å². The van der Waals surface area contributed by atoms with Crippen molar-refractivity contribution in [2.24, 2.45) is 0 Å². The summed E-state index contributed by atoms with van der Waals surface area (Å²) in [7, 11) is 0. The first-order chi connectivity index (χ1) is 10.6. The van der Waals surface area contributed by atoms with Gasteiger partial charge >= 0.3 is 0 Å². The molecule has 1 aliphatic rings. The molecular weight excluding hydrogens is 294 g/mol. The van der Waals surface area contributed by atoms with Crippen molar-refractivity contribution in [1.29, 1.82) is 0 Å². The van der Waals surface area contributed by atoms with Gasteiger partial charge in [0, 0.05) is 27.0 Å². The largest absolute Gasteiger partial charge is 0.358 e. The van der Waals surface area contributed by atoms with E-state index in [1.165, 1.54) is 16.9 Å². The Kier molecular flexibility index (Phi) is 3.04. The van der Waals surface area contributed by atoms with E-state index in [-0.39, 0.29) is 5.91 Å². The Balaban J connectivity index is 1.62. The molecule has 5 heteroatoms. The fourth-order valence-corrected chi connectivity index (χ4v) is 4.06. The normalized spacial score (nSPS) is 13.5. The minimum absolute atomic E-state index is 0.0902. The first-order valence-electron chi connectivity index (χ1n) is 7.50. The maximum atomic E-state index is 12.4. The molecular formula is C17H17N3OS. The topological polar surface area (TPSA) is 57.8 Å². The van der Waals surface area contributed by atoms with Crippen LogP contribution in [0.2, 0.25) is 0 Å². The second kappa shape index (κ2) is 4.95. The maximum absolute atomic E-state index is 12.4. The lowest BCUT2D eigenvalue weighted by Crippen LogP contribution is -2.11. The highest BCUT2D eigenvalue weighted by atomic mass is 32.1. The van der Waals surface area contributed by atoms with Gasteiger partial charge in [-0.2, -0.15) is 0 Å². The Morgan fingerprint density at radius 2 is 2.18 bits per heavy atom. The van der Waals surface area contributed by atoms with Crippen molar-refractivity contribution < 1.29 is 4.79 Å². The van der Waals surface area contributed by atoms with Crippen molar-refractivity contribution in [1.82, 2.24) is 9.97 Å². The molecule has 1 aliphatic carbocycles. The lowest BCUT2D eigenvalue weighted by atomic mass is 10.1. The first kappa shape index (κ1) is 13.5. The molecule has 4 nitrogen and oxygen atoms in total. The van der Waals surface area contributed by atoms with E-state index in [1.54, 1.807) is 11.3 Å². The summed E-state index contributed by atoms with van der Waals surface area (Å²) in [5.41, 5.74) is 5.24. The lowest BCUT2D eigenvalue weighted by molar-refractivity contribution is 0.102. The van der Waals surface area contributed by atoms with Gasteiger partial charge in [0.25, 0.3) is 5.91 Å². The Morgan fingerprint density at radius 3 is 3.00 bits per heavy atom. The van der Waals surface area contributed by atoms with E-state index in [9.17, 15) is 4.79 Å². The lowest BCUT2D eigenvalue weighted by Gasteiger charge is -2.02. The Morgan fingerprint density at radius 1 is 1.32 bits per heavy atom. The number of anilines is 1. The number of aryl methyl sites for hydroxylation is 4. The molecule has 112 valence electrons. The number of carbonyl (C=O) groups is 1. The van der Waals surface area contributed by atoms with Crippen LogP contribution in [0.25, 0.3) is 10.9 Å². The number of hydrogen-bond acceptors (Lipinski definition) is 3. The SMILES string of the molecule is Cc1[nH]c2ccc(C(=O)Nc3nc4c(s3)CCC4)cc2c1C. The van der Waals surface area contributed by atoms with Crippen LogP contribution in [0.5, 0.6) is 0 Å². The van der Waals surface area contributed by atoms with E-state index in [0.717, 1.165) is 40.3 Å². The third-order valence-corrected chi connectivity index (χ3v) is 5.46. The summed E-state index contributed by atoms with van der Waals surface area (Å²) in [4.78, 5) is 21.6. The zero-order valence-corrected chi connectivity index (χ0v) is 13.4. The van der Waals surface area contributed by atoms with Crippen molar-refractivity contribution in [3.63, 3.8) is 0 Å². The summed E-state index contributed by atoms with van der Waals surface area (Å²) in [5, 5.41) is 4.76. The molecule has 0 saturated carbocycles. The molecule has 0 radical (unpaired) electrons. The minimum Gasteiger partial charge on any atom is -0.358 e. The zero-order valence-electron chi connectivity index (χ0n) is 12.6. The highest BCUT2D eigenvalue weighted by molar-refractivity contribution is 7.16. The van der Waals surface area contributed by atoms with E-state index >= 15 is 0 Å². The number of hydrogen-bond donors (Lipinski definition) is 2. The van der Waals surface area contributed by atoms with Gasteiger partial charge < -0.3 is 4.98 Å². The van der Waals surface area contributed by atoms with E-state index in [0.29, 0.717) is 5.56 Å². The zero-order chi connectivity index (χ0) is 15.3. The molecule has 1 amide bonds. The predicted octanol–water partition coefficient (Wildman–Crippen LogP) is 3.98. The van der Waals surface area contributed by atoms with E-state index in [1.807, 2.05) is 25.1 Å². The Bertz CT molecular complexity index is 869. The fourth-order valence-electron chi connectivity index (χ4n) is 3.02. The number of amides is 1. The van der Waals surface area contributed by atoms with Gasteiger partial charge in [0.2, 0.25) is 0 Å². The second-order valence-electron chi connectivity index (χ2n) is 5.83. The molecule has 1 aromatic carbocycles. The van der Waals surface area contributed by atoms with Crippen LogP contribution in [0.1, 0.15) is 38.6 Å². The number of aromatic amines is 1. The van der Waals surface area contributed by atoms with Gasteiger partial charge in [0.1, 0.15) is 0 Å².